The van der Waals surface area contributed by atoms with Gasteiger partial charge >= 0.3 is 0 Å². The minimum absolute atomic E-state index is 0.184. The van der Waals surface area contributed by atoms with Gasteiger partial charge in [0.05, 0.1) is 12.8 Å². The summed E-state index contributed by atoms with van der Waals surface area (Å²) in [5, 5.41) is 2.60. The lowest BCUT2D eigenvalue weighted by atomic mass is 10.0. The molecule has 3 nitrogen and oxygen atoms in total. The molecule has 1 N–H and O–H groups in total. The van der Waals surface area contributed by atoms with Gasteiger partial charge in [0.25, 0.3) is 0 Å². The number of carbonyl (C=O) groups excluding carboxylic acids is 1. The molecule has 0 atom stereocenters. The van der Waals surface area contributed by atoms with Gasteiger partial charge in [-0.3, -0.25) is 4.79 Å². The third kappa shape index (κ3) is 5.06. The molecule has 0 saturated carbocycles. The van der Waals surface area contributed by atoms with Gasteiger partial charge in [0.1, 0.15) is 11.6 Å². The van der Waals surface area contributed by atoms with E-state index in [1.165, 1.54) is 6.07 Å². The Morgan fingerprint density at radius 1 is 1.26 bits per heavy atom. The number of rotatable bonds is 6. The van der Waals surface area contributed by atoms with E-state index < -0.39 is 5.82 Å². The highest BCUT2D eigenvalue weighted by Crippen LogP contribution is 2.21. The SMILES string of the molecule is COc1ccc(CCCC(=O)Nc2ccc(Br)cc2F)cc1C. The molecule has 0 unspecified atom stereocenters. The number of amides is 1. The summed E-state index contributed by atoms with van der Waals surface area (Å²) >= 11 is 3.18. The summed E-state index contributed by atoms with van der Waals surface area (Å²) in [4.78, 5) is 11.9. The zero-order valence-corrected chi connectivity index (χ0v) is 14.7. The molecule has 0 aliphatic heterocycles. The summed E-state index contributed by atoms with van der Waals surface area (Å²) in [6.45, 7) is 1.99. The first-order valence-corrected chi connectivity index (χ1v) is 8.17. The van der Waals surface area contributed by atoms with E-state index >= 15 is 0 Å². The van der Waals surface area contributed by atoms with Gasteiger partial charge in [0.15, 0.2) is 0 Å². The smallest absolute Gasteiger partial charge is 0.224 e. The summed E-state index contributed by atoms with van der Waals surface area (Å²) in [5.74, 6) is 0.229. The first-order valence-electron chi connectivity index (χ1n) is 7.38. The van der Waals surface area contributed by atoms with Crippen molar-refractivity contribution in [2.75, 3.05) is 12.4 Å². The second-order valence-corrected chi connectivity index (χ2v) is 6.25. The Morgan fingerprint density at radius 2 is 2.04 bits per heavy atom. The van der Waals surface area contributed by atoms with Gasteiger partial charge in [-0.25, -0.2) is 4.39 Å². The topological polar surface area (TPSA) is 38.3 Å². The maximum Gasteiger partial charge on any atom is 0.224 e. The van der Waals surface area contributed by atoms with Crippen LogP contribution in [0.25, 0.3) is 0 Å². The summed E-state index contributed by atoms with van der Waals surface area (Å²) < 4.78 is 19.5. The molecule has 122 valence electrons. The van der Waals surface area contributed by atoms with Gasteiger partial charge < -0.3 is 10.1 Å². The van der Waals surface area contributed by atoms with Crippen molar-refractivity contribution in [2.24, 2.45) is 0 Å². The maximum absolute atomic E-state index is 13.7. The van der Waals surface area contributed by atoms with Crippen molar-refractivity contribution >= 4 is 27.5 Å². The zero-order chi connectivity index (χ0) is 16.8. The number of methoxy groups -OCH3 is 1. The lowest BCUT2D eigenvalue weighted by Crippen LogP contribution is -2.12. The van der Waals surface area contributed by atoms with Crippen LogP contribution in [-0.4, -0.2) is 13.0 Å². The van der Waals surface area contributed by atoms with Gasteiger partial charge in [0.2, 0.25) is 5.91 Å². The van der Waals surface area contributed by atoms with Crippen molar-refractivity contribution in [3.8, 4) is 5.75 Å². The van der Waals surface area contributed by atoms with Crippen LogP contribution in [0.4, 0.5) is 10.1 Å². The largest absolute Gasteiger partial charge is 0.496 e. The third-order valence-electron chi connectivity index (χ3n) is 3.53. The molecule has 0 saturated heterocycles. The van der Waals surface area contributed by atoms with Crippen molar-refractivity contribution in [3.05, 3.63) is 57.8 Å². The molecule has 0 heterocycles. The Bertz CT molecular complexity index is 703. The average molecular weight is 380 g/mol. The van der Waals surface area contributed by atoms with E-state index in [9.17, 15) is 9.18 Å². The minimum Gasteiger partial charge on any atom is -0.496 e. The third-order valence-corrected chi connectivity index (χ3v) is 4.03. The van der Waals surface area contributed by atoms with E-state index in [2.05, 4.69) is 27.3 Å². The van der Waals surface area contributed by atoms with Crippen molar-refractivity contribution in [2.45, 2.75) is 26.2 Å². The van der Waals surface area contributed by atoms with E-state index in [0.29, 0.717) is 17.3 Å². The molecule has 23 heavy (non-hydrogen) atoms. The van der Waals surface area contributed by atoms with Crippen molar-refractivity contribution in [3.63, 3.8) is 0 Å². The fraction of sp³-hybridized carbons (Fsp3) is 0.278. The molecule has 2 aromatic carbocycles. The molecule has 1 amide bonds. The number of hydrogen-bond donors (Lipinski definition) is 1. The van der Waals surface area contributed by atoms with Crippen LogP contribution in [0.2, 0.25) is 0 Å². The predicted octanol–water partition coefficient (Wildman–Crippen LogP) is 4.87. The van der Waals surface area contributed by atoms with Gasteiger partial charge in [-0.05, 0) is 55.2 Å². The summed E-state index contributed by atoms with van der Waals surface area (Å²) in [7, 11) is 1.65. The molecule has 0 radical (unpaired) electrons. The maximum atomic E-state index is 13.7. The summed E-state index contributed by atoms with van der Waals surface area (Å²) in [5.41, 5.74) is 2.44. The van der Waals surface area contributed by atoms with Gasteiger partial charge in [0, 0.05) is 10.9 Å². The van der Waals surface area contributed by atoms with Crippen LogP contribution < -0.4 is 10.1 Å². The van der Waals surface area contributed by atoms with Crippen LogP contribution >= 0.6 is 15.9 Å². The van der Waals surface area contributed by atoms with Crippen molar-refractivity contribution in [1.82, 2.24) is 0 Å². The first-order chi connectivity index (χ1) is 11.0. The highest BCUT2D eigenvalue weighted by Gasteiger charge is 2.08. The van der Waals surface area contributed by atoms with Crippen molar-refractivity contribution < 1.29 is 13.9 Å². The van der Waals surface area contributed by atoms with Gasteiger partial charge in [-0.15, -0.1) is 0 Å². The lowest BCUT2D eigenvalue weighted by Gasteiger charge is -2.08. The van der Waals surface area contributed by atoms with Crippen LogP contribution in [-0.2, 0) is 11.2 Å². The highest BCUT2D eigenvalue weighted by atomic mass is 79.9. The monoisotopic (exact) mass is 379 g/mol. The Balaban J connectivity index is 1.84. The second-order valence-electron chi connectivity index (χ2n) is 5.33. The number of carbonyl (C=O) groups is 1. The zero-order valence-electron chi connectivity index (χ0n) is 13.2. The molecule has 0 spiro atoms. The van der Waals surface area contributed by atoms with Crippen LogP contribution in [0, 0.1) is 12.7 Å². The number of ether oxygens (including phenoxy) is 1. The van der Waals surface area contributed by atoms with E-state index in [1.54, 1.807) is 19.2 Å². The molecule has 0 aromatic heterocycles. The van der Waals surface area contributed by atoms with Crippen molar-refractivity contribution in [1.29, 1.82) is 0 Å². The molecule has 5 heteroatoms. The number of aryl methyl sites for hydroxylation is 2. The summed E-state index contributed by atoms with van der Waals surface area (Å²) in [6, 6.07) is 10.6. The Morgan fingerprint density at radius 3 is 2.70 bits per heavy atom. The molecular formula is C18H19BrFNO2. The number of hydrogen-bond acceptors (Lipinski definition) is 2. The highest BCUT2D eigenvalue weighted by molar-refractivity contribution is 9.10. The molecule has 0 fully saturated rings. The molecule has 0 aliphatic rings. The van der Waals surface area contributed by atoms with E-state index in [-0.39, 0.29) is 11.6 Å². The number of halogens is 2. The standard InChI is InChI=1S/C18H19BrFNO2/c1-12-10-13(6-9-17(12)23-2)4-3-5-18(22)21-16-8-7-14(19)11-15(16)20/h6-11H,3-5H2,1-2H3,(H,21,22). The minimum atomic E-state index is -0.446. The van der Waals surface area contributed by atoms with Crippen LogP contribution in [0.15, 0.2) is 40.9 Å². The molecular weight excluding hydrogens is 361 g/mol. The van der Waals surface area contributed by atoms with E-state index in [4.69, 9.17) is 4.74 Å². The summed E-state index contributed by atoms with van der Waals surface area (Å²) in [6.07, 6.45) is 1.84. The van der Waals surface area contributed by atoms with E-state index in [0.717, 1.165) is 23.3 Å². The number of anilines is 1. The number of benzene rings is 2. The van der Waals surface area contributed by atoms with Gasteiger partial charge in [-0.2, -0.15) is 0 Å². The molecule has 2 rings (SSSR count). The molecule has 2 aromatic rings. The molecule has 0 aliphatic carbocycles. The number of nitrogens with one attached hydrogen (secondary N) is 1. The van der Waals surface area contributed by atoms with Crippen LogP contribution in [0.3, 0.4) is 0 Å². The molecule has 0 bridgehead atoms. The average Bonchev–Trinajstić information content (AvgIpc) is 2.50. The van der Waals surface area contributed by atoms with Crippen LogP contribution in [0.5, 0.6) is 5.75 Å². The normalized spacial score (nSPS) is 10.4. The fourth-order valence-corrected chi connectivity index (χ4v) is 2.69. The quantitative estimate of drug-likeness (QED) is 0.777. The predicted molar refractivity (Wildman–Crippen MR) is 93.4 cm³/mol. The Kier molecular flexibility index (Phi) is 6.16. The Hall–Kier alpha value is -1.88. The first kappa shape index (κ1) is 17.5. The van der Waals surface area contributed by atoms with Gasteiger partial charge in [-0.1, -0.05) is 28.1 Å². The van der Waals surface area contributed by atoms with Crippen LogP contribution in [0.1, 0.15) is 24.0 Å². The second kappa shape index (κ2) is 8.11. The Labute approximate surface area is 144 Å². The fourth-order valence-electron chi connectivity index (χ4n) is 2.35. The lowest BCUT2D eigenvalue weighted by molar-refractivity contribution is -0.116. The van der Waals surface area contributed by atoms with E-state index in [1.807, 2.05) is 19.1 Å².